The van der Waals surface area contributed by atoms with Crippen LogP contribution in [0, 0.1) is 16.0 Å². The Labute approximate surface area is 187 Å². The molecule has 2 fully saturated rings. The van der Waals surface area contributed by atoms with Crippen molar-refractivity contribution in [1.29, 1.82) is 0 Å². The van der Waals surface area contributed by atoms with Gasteiger partial charge in [0.15, 0.2) is 0 Å². The standard InChI is InChI=1S/C22H31N7O3/c23-20-19(29(30)31)21(26-22(25-20)24-8-11-27-12-14-32-15-13-27)28-9-6-18(7-10-28)16-17-4-2-1-3-5-17/h1-5,18H,6-16H2,(H3,23,24,25,26). The van der Waals surface area contributed by atoms with Crippen molar-refractivity contribution in [3.63, 3.8) is 0 Å². The highest BCUT2D eigenvalue weighted by molar-refractivity contribution is 5.71. The topological polar surface area (TPSA) is 123 Å². The lowest BCUT2D eigenvalue weighted by Crippen LogP contribution is -2.39. The van der Waals surface area contributed by atoms with Crippen molar-refractivity contribution in [2.24, 2.45) is 5.92 Å². The summed E-state index contributed by atoms with van der Waals surface area (Å²) in [5, 5.41) is 14.9. The average Bonchev–Trinajstić information content (AvgIpc) is 2.80. The Morgan fingerprint density at radius 2 is 1.84 bits per heavy atom. The van der Waals surface area contributed by atoms with Crippen LogP contribution in [0.5, 0.6) is 0 Å². The third-order valence-electron chi connectivity index (χ3n) is 6.17. The van der Waals surface area contributed by atoms with Crippen LogP contribution in [0.1, 0.15) is 18.4 Å². The van der Waals surface area contributed by atoms with E-state index in [1.165, 1.54) is 5.56 Å². The van der Waals surface area contributed by atoms with Crippen molar-refractivity contribution in [2.75, 3.05) is 68.4 Å². The molecule has 3 heterocycles. The number of morpholine rings is 1. The van der Waals surface area contributed by atoms with Crippen LogP contribution in [-0.2, 0) is 11.2 Å². The fraction of sp³-hybridized carbons (Fsp3) is 0.545. The molecule has 2 aliphatic heterocycles. The number of nitro groups is 1. The van der Waals surface area contributed by atoms with Gasteiger partial charge in [-0.05, 0) is 30.7 Å². The summed E-state index contributed by atoms with van der Waals surface area (Å²) in [7, 11) is 0. The number of anilines is 3. The Morgan fingerprint density at radius 1 is 1.12 bits per heavy atom. The number of nitrogens with zero attached hydrogens (tertiary/aromatic N) is 5. The molecule has 0 amide bonds. The van der Waals surface area contributed by atoms with Crippen molar-refractivity contribution >= 4 is 23.3 Å². The van der Waals surface area contributed by atoms with Crippen LogP contribution in [0.3, 0.4) is 0 Å². The van der Waals surface area contributed by atoms with E-state index in [0.717, 1.165) is 52.1 Å². The zero-order valence-corrected chi connectivity index (χ0v) is 18.3. The first-order valence-corrected chi connectivity index (χ1v) is 11.2. The summed E-state index contributed by atoms with van der Waals surface area (Å²) in [5.41, 5.74) is 7.11. The summed E-state index contributed by atoms with van der Waals surface area (Å²) in [5.74, 6) is 1.11. The molecule has 0 unspecified atom stereocenters. The molecule has 1 aromatic carbocycles. The molecule has 0 aliphatic carbocycles. The van der Waals surface area contributed by atoms with E-state index in [0.29, 0.717) is 37.3 Å². The molecule has 32 heavy (non-hydrogen) atoms. The van der Waals surface area contributed by atoms with E-state index in [1.54, 1.807) is 0 Å². The molecule has 2 saturated heterocycles. The second kappa shape index (κ2) is 10.6. The minimum atomic E-state index is -0.474. The van der Waals surface area contributed by atoms with Gasteiger partial charge < -0.3 is 20.7 Å². The molecule has 0 saturated carbocycles. The molecule has 0 spiro atoms. The maximum atomic E-state index is 11.7. The van der Waals surface area contributed by atoms with Crippen molar-refractivity contribution in [2.45, 2.75) is 19.3 Å². The fourth-order valence-electron chi connectivity index (χ4n) is 4.38. The van der Waals surface area contributed by atoms with Crippen LogP contribution in [0.15, 0.2) is 30.3 Å². The molecule has 1 aromatic heterocycles. The molecule has 2 aliphatic rings. The van der Waals surface area contributed by atoms with Gasteiger partial charge in [0.1, 0.15) is 0 Å². The third-order valence-corrected chi connectivity index (χ3v) is 6.17. The van der Waals surface area contributed by atoms with Gasteiger partial charge >= 0.3 is 5.69 Å². The first-order chi connectivity index (χ1) is 15.6. The monoisotopic (exact) mass is 441 g/mol. The van der Waals surface area contributed by atoms with Gasteiger partial charge in [-0.1, -0.05) is 30.3 Å². The summed E-state index contributed by atoms with van der Waals surface area (Å²) < 4.78 is 5.37. The Hall–Kier alpha value is -2.98. The number of piperidine rings is 1. The molecular weight excluding hydrogens is 410 g/mol. The van der Waals surface area contributed by atoms with E-state index >= 15 is 0 Å². The predicted octanol–water partition coefficient (Wildman–Crippen LogP) is 2.17. The van der Waals surface area contributed by atoms with Crippen LogP contribution in [-0.4, -0.2) is 72.3 Å². The first kappa shape index (κ1) is 22.2. The molecular formula is C22H31N7O3. The van der Waals surface area contributed by atoms with Crippen molar-refractivity contribution in [1.82, 2.24) is 14.9 Å². The molecule has 4 rings (SSSR count). The molecule has 3 N–H and O–H groups in total. The van der Waals surface area contributed by atoms with Crippen LogP contribution in [0.4, 0.5) is 23.3 Å². The Balaban J connectivity index is 1.40. The number of nitrogens with one attached hydrogen (secondary N) is 1. The quantitative estimate of drug-likeness (QED) is 0.468. The highest BCUT2D eigenvalue weighted by Gasteiger charge is 2.30. The highest BCUT2D eigenvalue weighted by atomic mass is 16.6. The molecule has 10 heteroatoms. The van der Waals surface area contributed by atoms with Gasteiger partial charge in [-0.2, -0.15) is 9.97 Å². The van der Waals surface area contributed by atoms with Crippen molar-refractivity contribution in [3.8, 4) is 0 Å². The van der Waals surface area contributed by atoms with E-state index in [1.807, 2.05) is 11.0 Å². The second-order valence-electron chi connectivity index (χ2n) is 8.36. The lowest BCUT2D eigenvalue weighted by molar-refractivity contribution is -0.383. The Bertz CT molecular complexity index is 898. The van der Waals surface area contributed by atoms with E-state index in [-0.39, 0.29) is 11.5 Å². The van der Waals surface area contributed by atoms with Gasteiger partial charge in [-0.25, -0.2) is 0 Å². The molecule has 0 bridgehead atoms. The van der Waals surface area contributed by atoms with Crippen LogP contribution >= 0.6 is 0 Å². The van der Waals surface area contributed by atoms with Gasteiger partial charge in [0.05, 0.1) is 18.1 Å². The smallest absolute Gasteiger partial charge is 0.353 e. The normalized spacial score (nSPS) is 17.9. The number of hydrogen-bond acceptors (Lipinski definition) is 9. The van der Waals surface area contributed by atoms with E-state index in [4.69, 9.17) is 10.5 Å². The summed E-state index contributed by atoms with van der Waals surface area (Å²) in [6.45, 7) is 6.16. The fourth-order valence-corrected chi connectivity index (χ4v) is 4.38. The predicted molar refractivity (Wildman–Crippen MR) is 124 cm³/mol. The van der Waals surface area contributed by atoms with E-state index < -0.39 is 4.92 Å². The van der Waals surface area contributed by atoms with Gasteiger partial charge in [-0.15, -0.1) is 0 Å². The van der Waals surface area contributed by atoms with Crippen LogP contribution in [0.25, 0.3) is 0 Å². The Kier molecular flexibility index (Phi) is 7.33. The molecule has 172 valence electrons. The highest BCUT2D eigenvalue weighted by Crippen LogP contribution is 2.34. The number of nitrogens with two attached hydrogens (primary N) is 1. The minimum Gasteiger partial charge on any atom is -0.379 e. The Morgan fingerprint density at radius 3 is 2.53 bits per heavy atom. The zero-order valence-electron chi connectivity index (χ0n) is 18.3. The molecule has 0 atom stereocenters. The summed E-state index contributed by atoms with van der Waals surface area (Å²) in [4.78, 5) is 24.2. The SMILES string of the molecule is Nc1nc(NCCN2CCOCC2)nc(N2CCC(Cc3ccccc3)CC2)c1[N+](=O)[O-]. The lowest BCUT2D eigenvalue weighted by Gasteiger charge is -2.32. The number of nitrogen functional groups attached to an aromatic ring is 1. The number of aromatic nitrogens is 2. The molecule has 10 nitrogen and oxygen atoms in total. The van der Waals surface area contributed by atoms with Crippen molar-refractivity contribution in [3.05, 3.63) is 46.0 Å². The number of hydrogen-bond donors (Lipinski definition) is 2. The van der Waals surface area contributed by atoms with E-state index in [9.17, 15) is 10.1 Å². The van der Waals surface area contributed by atoms with Crippen LogP contribution < -0.4 is 16.0 Å². The largest absolute Gasteiger partial charge is 0.379 e. The maximum Gasteiger partial charge on any atom is 0.353 e. The second-order valence-corrected chi connectivity index (χ2v) is 8.36. The van der Waals surface area contributed by atoms with E-state index in [2.05, 4.69) is 44.5 Å². The van der Waals surface area contributed by atoms with Gasteiger partial charge in [0, 0.05) is 39.3 Å². The number of ether oxygens (including phenoxy) is 1. The van der Waals surface area contributed by atoms with Gasteiger partial charge in [-0.3, -0.25) is 15.0 Å². The minimum absolute atomic E-state index is 0.0970. The molecule has 0 radical (unpaired) electrons. The lowest BCUT2D eigenvalue weighted by atomic mass is 9.90. The number of rotatable bonds is 8. The van der Waals surface area contributed by atoms with Crippen molar-refractivity contribution < 1.29 is 9.66 Å². The average molecular weight is 442 g/mol. The summed E-state index contributed by atoms with van der Waals surface area (Å²) >= 11 is 0. The third kappa shape index (κ3) is 5.63. The maximum absolute atomic E-state index is 11.7. The number of benzene rings is 1. The zero-order chi connectivity index (χ0) is 22.3. The first-order valence-electron chi connectivity index (χ1n) is 11.2. The summed E-state index contributed by atoms with van der Waals surface area (Å²) in [6, 6.07) is 10.4. The van der Waals surface area contributed by atoms with Gasteiger partial charge in [0.2, 0.25) is 17.6 Å². The molecule has 2 aromatic rings. The summed E-state index contributed by atoms with van der Waals surface area (Å²) in [6.07, 6.45) is 2.93. The van der Waals surface area contributed by atoms with Crippen LogP contribution in [0.2, 0.25) is 0 Å². The van der Waals surface area contributed by atoms with Gasteiger partial charge in [0.25, 0.3) is 0 Å².